The summed E-state index contributed by atoms with van der Waals surface area (Å²) in [7, 11) is 0. The summed E-state index contributed by atoms with van der Waals surface area (Å²) in [6, 6.07) is 7.17. The van der Waals surface area contributed by atoms with Crippen LogP contribution in [0.2, 0.25) is 5.02 Å². The van der Waals surface area contributed by atoms with Crippen LogP contribution in [0, 0.1) is 0 Å². The molecule has 1 fully saturated rings. The van der Waals surface area contributed by atoms with E-state index in [0.29, 0.717) is 16.7 Å². The third-order valence-corrected chi connectivity index (χ3v) is 4.57. The number of tetrazole rings is 1. The number of hydrogen-bond acceptors (Lipinski definition) is 6. The molecule has 2 heterocycles. The van der Waals surface area contributed by atoms with E-state index >= 15 is 0 Å². The molecule has 1 aliphatic rings. The Morgan fingerprint density at radius 2 is 2.26 bits per heavy atom. The van der Waals surface area contributed by atoms with Crippen molar-refractivity contribution in [3.05, 3.63) is 29.3 Å². The van der Waals surface area contributed by atoms with Gasteiger partial charge < -0.3 is 10.1 Å². The van der Waals surface area contributed by atoms with Gasteiger partial charge in [0.05, 0.1) is 17.5 Å². The van der Waals surface area contributed by atoms with Crippen LogP contribution in [-0.4, -0.2) is 51.1 Å². The number of nitrogens with one attached hydrogen (secondary N) is 1. The van der Waals surface area contributed by atoms with Gasteiger partial charge in [-0.3, -0.25) is 4.79 Å². The third kappa shape index (κ3) is 4.43. The average Bonchev–Trinajstić information content (AvgIpc) is 3.23. The van der Waals surface area contributed by atoms with Crippen molar-refractivity contribution in [2.75, 3.05) is 18.9 Å². The molecule has 1 saturated heterocycles. The predicted molar refractivity (Wildman–Crippen MR) is 86.9 cm³/mol. The van der Waals surface area contributed by atoms with Crippen molar-refractivity contribution < 1.29 is 9.53 Å². The van der Waals surface area contributed by atoms with Gasteiger partial charge >= 0.3 is 0 Å². The molecule has 3 rings (SSSR count). The number of aromatic nitrogens is 4. The van der Waals surface area contributed by atoms with Gasteiger partial charge in [0.25, 0.3) is 0 Å². The first-order chi connectivity index (χ1) is 11.2. The standard InChI is InChI=1S/C14H16ClN5O2S/c15-10-3-5-11(6-4-10)20-14(17-18-19-20)23-9-13(21)16-8-12-2-1-7-22-12/h3-6,12H,1-2,7-9H2,(H,16,21)/t12-/m1/s1. The SMILES string of the molecule is O=C(CSc1nnnn1-c1ccc(Cl)cc1)NC[C@H]1CCCO1. The molecule has 0 saturated carbocycles. The minimum Gasteiger partial charge on any atom is -0.376 e. The second-order valence-corrected chi connectivity index (χ2v) is 6.46. The number of ether oxygens (including phenoxy) is 1. The molecule has 23 heavy (non-hydrogen) atoms. The Morgan fingerprint density at radius 1 is 1.43 bits per heavy atom. The molecule has 1 atom stereocenters. The molecule has 1 aromatic carbocycles. The number of thioether (sulfide) groups is 1. The van der Waals surface area contributed by atoms with E-state index in [1.807, 2.05) is 12.1 Å². The fourth-order valence-corrected chi connectivity index (χ4v) is 3.07. The first-order valence-corrected chi connectivity index (χ1v) is 8.64. The van der Waals surface area contributed by atoms with E-state index in [4.69, 9.17) is 16.3 Å². The highest BCUT2D eigenvalue weighted by atomic mass is 35.5. The summed E-state index contributed by atoms with van der Waals surface area (Å²) < 4.78 is 7.05. The Labute approximate surface area is 142 Å². The lowest BCUT2D eigenvalue weighted by atomic mass is 10.2. The zero-order valence-corrected chi connectivity index (χ0v) is 13.9. The summed E-state index contributed by atoms with van der Waals surface area (Å²) in [6.07, 6.45) is 2.20. The third-order valence-electron chi connectivity index (χ3n) is 3.40. The monoisotopic (exact) mass is 353 g/mol. The molecule has 0 radical (unpaired) electrons. The molecule has 0 aliphatic carbocycles. The van der Waals surface area contributed by atoms with Crippen molar-refractivity contribution in [1.29, 1.82) is 0 Å². The zero-order chi connectivity index (χ0) is 16.1. The van der Waals surface area contributed by atoms with Gasteiger partial charge in [0.1, 0.15) is 0 Å². The van der Waals surface area contributed by atoms with Gasteiger partial charge in [-0.15, -0.1) is 5.10 Å². The highest BCUT2D eigenvalue weighted by molar-refractivity contribution is 7.99. The Bertz CT molecular complexity index is 657. The first kappa shape index (κ1) is 16.2. The number of halogens is 1. The molecule has 0 unspecified atom stereocenters. The van der Waals surface area contributed by atoms with Gasteiger partial charge in [-0.2, -0.15) is 4.68 Å². The number of carbonyl (C=O) groups excluding carboxylic acids is 1. The zero-order valence-electron chi connectivity index (χ0n) is 12.3. The Balaban J connectivity index is 1.53. The quantitative estimate of drug-likeness (QED) is 0.796. The number of rotatable bonds is 6. The smallest absolute Gasteiger partial charge is 0.230 e. The maximum absolute atomic E-state index is 11.9. The molecule has 1 amide bonds. The lowest BCUT2D eigenvalue weighted by molar-refractivity contribution is -0.119. The van der Waals surface area contributed by atoms with Crippen molar-refractivity contribution in [3.8, 4) is 5.69 Å². The minimum absolute atomic E-state index is 0.0591. The van der Waals surface area contributed by atoms with E-state index < -0.39 is 0 Å². The fraction of sp³-hybridized carbons (Fsp3) is 0.429. The number of amides is 1. The van der Waals surface area contributed by atoms with Crippen molar-refractivity contribution in [2.24, 2.45) is 0 Å². The number of carbonyl (C=O) groups is 1. The molecule has 2 aromatic rings. The second kappa shape index (κ2) is 7.76. The van der Waals surface area contributed by atoms with Crippen LogP contribution in [0.25, 0.3) is 5.69 Å². The van der Waals surface area contributed by atoms with Crippen molar-refractivity contribution >= 4 is 29.3 Å². The van der Waals surface area contributed by atoms with Crippen LogP contribution in [0.3, 0.4) is 0 Å². The topological polar surface area (TPSA) is 81.9 Å². The summed E-state index contributed by atoms with van der Waals surface area (Å²) in [6.45, 7) is 1.34. The van der Waals surface area contributed by atoms with Gasteiger partial charge in [0.2, 0.25) is 11.1 Å². The van der Waals surface area contributed by atoms with E-state index in [0.717, 1.165) is 25.1 Å². The van der Waals surface area contributed by atoms with Crippen LogP contribution in [-0.2, 0) is 9.53 Å². The molecule has 9 heteroatoms. The predicted octanol–water partition coefficient (Wildman–Crippen LogP) is 1.70. The Kier molecular flexibility index (Phi) is 5.47. The van der Waals surface area contributed by atoms with Gasteiger partial charge in [-0.1, -0.05) is 23.4 Å². The first-order valence-electron chi connectivity index (χ1n) is 7.28. The minimum atomic E-state index is -0.0591. The van der Waals surface area contributed by atoms with Gasteiger partial charge in [-0.05, 0) is 47.5 Å². The number of benzene rings is 1. The molecular weight excluding hydrogens is 338 g/mol. The number of hydrogen-bond donors (Lipinski definition) is 1. The average molecular weight is 354 g/mol. The van der Waals surface area contributed by atoms with Crippen LogP contribution in [0.1, 0.15) is 12.8 Å². The summed E-state index contributed by atoms with van der Waals surface area (Å²) in [5.74, 6) is 0.192. The molecule has 122 valence electrons. The highest BCUT2D eigenvalue weighted by Gasteiger charge is 2.17. The second-order valence-electron chi connectivity index (χ2n) is 5.08. The van der Waals surface area contributed by atoms with Gasteiger partial charge in [0, 0.05) is 18.2 Å². The maximum Gasteiger partial charge on any atom is 0.230 e. The van der Waals surface area contributed by atoms with E-state index in [-0.39, 0.29) is 17.8 Å². The van der Waals surface area contributed by atoms with E-state index in [2.05, 4.69) is 20.8 Å². The van der Waals surface area contributed by atoms with Gasteiger partial charge in [-0.25, -0.2) is 0 Å². The Hall–Kier alpha value is -1.64. The summed E-state index contributed by atoms with van der Waals surface area (Å²) in [5.41, 5.74) is 0.793. The van der Waals surface area contributed by atoms with Crippen LogP contribution in [0.15, 0.2) is 29.4 Å². The molecule has 1 N–H and O–H groups in total. The van der Waals surface area contributed by atoms with Crippen LogP contribution >= 0.6 is 23.4 Å². The van der Waals surface area contributed by atoms with Crippen LogP contribution < -0.4 is 5.32 Å². The summed E-state index contributed by atoms with van der Waals surface area (Å²) in [5, 5.41) is 15.6. The van der Waals surface area contributed by atoms with E-state index in [9.17, 15) is 4.79 Å². The van der Waals surface area contributed by atoms with E-state index in [1.165, 1.54) is 11.8 Å². The molecular formula is C14H16ClN5O2S. The van der Waals surface area contributed by atoms with Crippen molar-refractivity contribution in [1.82, 2.24) is 25.5 Å². The molecule has 0 bridgehead atoms. The lowest BCUT2D eigenvalue weighted by Crippen LogP contribution is -2.32. The van der Waals surface area contributed by atoms with Crippen molar-refractivity contribution in [2.45, 2.75) is 24.1 Å². The molecule has 7 nitrogen and oxygen atoms in total. The largest absolute Gasteiger partial charge is 0.376 e. The molecule has 1 aliphatic heterocycles. The molecule has 0 spiro atoms. The molecule has 1 aromatic heterocycles. The fourth-order valence-electron chi connectivity index (χ4n) is 2.23. The normalized spacial score (nSPS) is 17.3. The lowest BCUT2D eigenvalue weighted by Gasteiger charge is -2.10. The maximum atomic E-state index is 11.9. The Morgan fingerprint density at radius 3 is 3.00 bits per heavy atom. The highest BCUT2D eigenvalue weighted by Crippen LogP contribution is 2.19. The van der Waals surface area contributed by atoms with Gasteiger partial charge in [0.15, 0.2) is 0 Å². The summed E-state index contributed by atoms with van der Waals surface area (Å²) >= 11 is 7.16. The van der Waals surface area contributed by atoms with Crippen LogP contribution in [0.4, 0.5) is 0 Å². The summed E-state index contributed by atoms with van der Waals surface area (Å²) in [4.78, 5) is 11.9. The van der Waals surface area contributed by atoms with Crippen molar-refractivity contribution in [3.63, 3.8) is 0 Å². The van der Waals surface area contributed by atoms with Crippen LogP contribution in [0.5, 0.6) is 0 Å². The van der Waals surface area contributed by atoms with E-state index in [1.54, 1.807) is 16.8 Å². The number of nitrogens with zero attached hydrogens (tertiary/aromatic N) is 4.